The molecule has 1 aliphatic rings. The highest BCUT2D eigenvalue weighted by molar-refractivity contribution is 5.92. The van der Waals surface area contributed by atoms with E-state index in [0.29, 0.717) is 12.1 Å². The van der Waals surface area contributed by atoms with Crippen LogP contribution in [0.15, 0.2) is 24.3 Å². The number of nitrogens with zero attached hydrogens (tertiary/aromatic N) is 1. The average Bonchev–Trinajstić information content (AvgIpc) is 2.29. The minimum Gasteiger partial charge on any atom is -0.272 e. The maximum Gasteiger partial charge on any atom is 0.255 e. The zero-order chi connectivity index (χ0) is 9.26. The largest absolute Gasteiger partial charge is 0.272 e. The summed E-state index contributed by atoms with van der Waals surface area (Å²) in [5, 5.41) is 0.266. The molecular formula is C10H10FNO. The summed E-state index contributed by atoms with van der Waals surface area (Å²) in [5.74, 6) is -0.440. The van der Waals surface area contributed by atoms with Crippen LogP contribution in [0.1, 0.15) is 18.4 Å². The van der Waals surface area contributed by atoms with Crippen LogP contribution in [0.3, 0.4) is 0 Å². The molecule has 0 spiro atoms. The van der Waals surface area contributed by atoms with Crippen LogP contribution in [0.4, 0.5) is 10.2 Å². The fourth-order valence-corrected chi connectivity index (χ4v) is 1.58. The highest BCUT2D eigenvalue weighted by Crippen LogP contribution is 2.26. The molecule has 1 amide bonds. The van der Waals surface area contributed by atoms with E-state index in [1.165, 1.54) is 0 Å². The van der Waals surface area contributed by atoms with Crippen molar-refractivity contribution in [1.82, 2.24) is 0 Å². The number of rotatable bonds is 0. The van der Waals surface area contributed by atoms with E-state index in [-0.39, 0.29) is 5.12 Å². The van der Waals surface area contributed by atoms with Crippen LogP contribution < -0.4 is 5.12 Å². The van der Waals surface area contributed by atoms with Gasteiger partial charge in [0.1, 0.15) is 0 Å². The van der Waals surface area contributed by atoms with Gasteiger partial charge in [-0.3, -0.25) is 4.79 Å². The minimum atomic E-state index is -0.440. The second-order valence-corrected chi connectivity index (χ2v) is 3.16. The molecule has 0 radical (unpaired) electrons. The van der Waals surface area contributed by atoms with Crippen molar-refractivity contribution in [3.05, 3.63) is 29.8 Å². The summed E-state index contributed by atoms with van der Waals surface area (Å²) in [6.07, 6.45) is 1.81. The van der Waals surface area contributed by atoms with Crippen molar-refractivity contribution in [2.24, 2.45) is 0 Å². The van der Waals surface area contributed by atoms with Gasteiger partial charge < -0.3 is 0 Å². The van der Waals surface area contributed by atoms with E-state index in [2.05, 4.69) is 0 Å². The molecule has 3 heteroatoms. The van der Waals surface area contributed by atoms with Crippen molar-refractivity contribution in [2.75, 3.05) is 5.12 Å². The molecular weight excluding hydrogens is 169 g/mol. The number of amides is 1. The van der Waals surface area contributed by atoms with Gasteiger partial charge in [0, 0.05) is 6.42 Å². The Bertz CT molecular complexity index is 337. The molecule has 13 heavy (non-hydrogen) atoms. The summed E-state index contributed by atoms with van der Waals surface area (Å²) in [7, 11) is 0. The Kier molecular flexibility index (Phi) is 2.00. The van der Waals surface area contributed by atoms with Crippen molar-refractivity contribution in [3.8, 4) is 0 Å². The van der Waals surface area contributed by atoms with Crippen molar-refractivity contribution in [1.29, 1.82) is 0 Å². The molecule has 0 aliphatic carbocycles. The highest BCUT2D eigenvalue weighted by Gasteiger charge is 2.21. The van der Waals surface area contributed by atoms with Gasteiger partial charge in [0.05, 0.1) is 5.69 Å². The van der Waals surface area contributed by atoms with E-state index in [1.54, 1.807) is 12.1 Å². The Morgan fingerprint density at radius 1 is 1.23 bits per heavy atom. The van der Waals surface area contributed by atoms with Gasteiger partial charge >= 0.3 is 0 Å². The number of hydrogen-bond donors (Lipinski definition) is 0. The Balaban J connectivity index is 2.46. The Morgan fingerprint density at radius 2 is 2.00 bits per heavy atom. The van der Waals surface area contributed by atoms with Crippen LogP contribution in [-0.4, -0.2) is 5.91 Å². The third-order valence-corrected chi connectivity index (χ3v) is 2.26. The lowest BCUT2D eigenvalue weighted by atomic mass is 10.1. The molecule has 0 N–H and O–H groups in total. The molecule has 0 aromatic heterocycles. The van der Waals surface area contributed by atoms with E-state index in [0.717, 1.165) is 18.4 Å². The molecule has 1 aromatic rings. The Hall–Kier alpha value is -1.38. The van der Waals surface area contributed by atoms with Crippen molar-refractivity contribution in [3.63, 3.8) is 0 Å². The number of aryl methyl sites for hydroxylation is 1. The predicted molar refractivity (Wildman–Crippen MR) is 48.0 cm³/mol. The maximum atomic E-state index is 13.3. The zero-order valence-electron chi connectivity index (χ0n) is 7.16. The Morgan fingerprint density at radius 3 is 2.85 bits per heavy atom. The van der Waals surface area contributed by atoms with E-state index >= 15 is 0 Å². The van der Waals surface area contributed by atoms with Gasteiger partial charge in [-0.15, -0.1) is 5.12 Å². The number of carbonyl (C=O) groups excluding carboxylic acids is 1. The van der Waals surface area contributed by atoms with Gasteiger partial charge in [0.15, 0.2) is 0 Å². The summed E-state index contributed by atoms with van der Waals surface area (Å²) >= 11 is 0. The van der Waals surface area contributed by atoms with Crippen molar-refractivity contribution in [2.45, 2.75) is 19.3 Å². The first-order chi connectivity index (χ1) is 6.29. The molecule has 0 unspecified atom stereocenters. The molecule has 2 rings (SSSR count). The van der Waals surface area contributed by atoms with Crippen LogP contribution in [0.25, 0.3) is 0 Å². The molecule has 0 saturated carbocycles. The number of halogens is 1. The normalized spacial score (nSPS) is 16.7. The van der Waals surface area contributed by atoms with Gasteiger partial charge in [-0.05, 0) is 24.5 Å². The summed E-state index contributed by atoms with van der Waals surface area (Å²) in [6, 6.07) is 7.10. The maximum absolute atomic E-state index is 13.3. The SMILES string of the molecule is O=C1CCCc2ccccc2N1F. The van der Waals surface area contributed by atoms with Crippen LogP contribution in [0.5, 0.6) is 0 Å². The van der Waals surface area contributed by atoms with E-state index in [9.17, 15) is 9.28 Å². The average molecular weight is 179 g/mol. The van der Waals surface area contributed by atoms with E-state index < -0.39 is 5.91 Å². The molecule has 1 heterocycles. The number of benzene rings is 1. The van der Waals surface area contributed by atoms with Crippen molar-refractivity contribution >= 4 is 11.6 Å². The van der Waals surface area contributed by atoms with Gasteiger partial charge in [0.25, 0.3) is 5.91 Å². The first-order valence-electron chi connectivity index (χ1n) is 4.35. The van der Waals surface area contributed by atoms with Crippen LogP contribution in [0.2, 0.25) is 0 Å². The smallest absolute Gasteiger partial charge is 0.255 e. The van der Waals surface area contributed by atoms with Gasteiger partial charge in [-0.2, -0.15) is 0 Å². The molecule has 0 bridgehead atoms. The lowest BCUT2D eigenvalue weighted by Gasteiger charge is -2.10. The number of carbonyl (C=O) groups is 1. The van der Waals surface area contributed by atoms with Gasteiger partial charge in [-0.1, -0.05) is 22.7 Å². The predicted octanol–water partition coefficient (Wildman–Crippen LogP) is 2.24. The molecule has 1 aromatic carbocycles. The first-order valence-corrected chi connectivity index (χ1v) is 4.35. The van der Waals surface area contributed by atoms with Crippen molar-refractivity contribution < 1.29 is 9.28 Å². The summed E-state index contributed by atoms with van der Waals surface area (Å²) < 4.78 is 13.3. The zero-order valence-corrected chi connectivity index (χ0v) is 7.16. The highest BCUT2D eigenvalue weighted by atomic mass is 19.2. The topological polar surface area (TPSA) is 20.3 Å². The Labute approximate surface area is 75.9 Å². The second kappa shape index (κ2) is 3.17. The standard InChI is InChI=1S/C10H10FNO/c11-12-9-6-2-1-4-8(9)5-3-7-10(12)13/h1-2,4,6H,3,5,7H2. The summed E-state index contributed by atoms with van der Waals surface area (Å²) in [6.45, 7) is 0. The molecule has 0 fully saturated rings. The third kappa shape index (κ3) is 1.41. The van der Waals surface area contributed by atoms with Crippen LogP contribution in [-0.2, 0) is 11.2 Å². The summed E-state index contributed by atoms with van der Waals surface area (Å²) in [5.41, 5.74) is 1.32. The molecule has 2 nitrogen and oxygen atoms in total. The molecule has 0 atom stereocenters. The van der Waals surface area contributed by atoms with Gasteiger partial charge in [-0.25, -0.2) is 0 Å². The lowest BCUT2D eigenvalue weighted by molar-refractivity contribution is -0.121. The number of anilines is 1. The minimum absolute atomic E-state index is 0.266. The monoisotopic (exact) mass is 179 g/mol. The fraction of sp³-hybridized carbons (Fsp3) is 0.300. The molecule has 0 saturated heterocycles. The van der Waals surface area contributed by atoms with E-state index in [1.807, 2.05) is 12.1 Å². The quantitative estimate of drug-likeness (QED) is 0.559. The second-order valence-electron chi connectivity index (χ2n) is 3.16. The molecule has 68 valence electrons. The number of para-hydroxylation sites is 1. The van der Waals surface area contributed by atoms with Crippen LogP contribution in [0, 0.1) is 0 Å². The molecule has 1 aliphatic heterocycles. The third-order valence-electron chi connectivity index (χ3n) is 2.26. The first kappa shape index (κ1) is 8.23. The van der Waals surface area contributed by atoms with Crippen LogP contribution >= 0.6 is 0 Å². The number of hydrogen-bond acceptors (Lipinski definition) is 1. The number of fused-ring (bicyclic) bond motifs is 1. The summed E-state index contributed by atoms with van der Waals surface area (Å²) in [4.78, 5) is 11.1. The lowest BCUT2D eigenvalue weighted by Crippen LogP contribution is -2.20. The fourth-order valence-electron chi connectivity index (χ4n) is 1.58. The van der Waals surface area contributed by atoms with E-state index in [4.69, 9.17) is 0 Å². The van der Waals surface area contributed by atoms with Gasteiger partial charge in [0.2, 0.25) is 0 Å².